The van der Waals surface area contributed by atoms with Crippen molar-refractivity contribution >= 4 is 17.6 Å². The number of ether oxygens (including phenoxy) is 1. The molecule has 2 rings (SSSR count). The monoisotopic (exact) mass is 278 g/mol. The summed E-state index contributed by atoms with van der Waals surface area (Å²) in [6, 6.07) is 4.43. The van der Waals surface area contributed by atoms with Crippen LogP contribution in [0.25, 0.3) is 0 Å². The van der Waals surface area contributed by atoms with Gasteiger partial charge in [-0.1, -0.05) is 6.42 Å². The van der Waals surface area contributed by atoms with Gasteiger partial charge in [0.15, 0.2) is 0 Å². The number of hydrogen-bond donors (Lipinski definition) is 3. The van der Waals surface area contributed by atoms with E-state index < -0.39 is 11.9 Å². The molecule has 0 aliphatic heterocycles. The Morgan fingerprint density at radius 2 is 2.15 bits per heavy atom. The van der Waals surface area contributed by atoms with Crippen LogP contribution in [-0.4, -0.2) is 30.1 Å². The lowest BCUT2D eigenvalue weighted by Gasteiger charge is -2.18. The number of carbonyl (C=O) groups excluding carboxylic acids is 1. The van der Waals surface area contributed by atoms with Crippen molar-refractivity contribution in [2.24, 2.45) is 5.92 Å². The Hall–Kier alpha value is -2.24. The van der Waals surface area contributed by atoms with E-state index in [2.05, 4.69) is 5.32 Å². The van der Waals surface area contributed by atoms with Gasteiger partial charge in [-0.25, -0.2) is 0 Å². The van der Waals surface area contributed by atoms with Crippen molar-refractivity contribution in [3.63, 3.8) is 0 Å². The highest BCUT2D eigenvalue weighted by molar-refractivity contribution is 5.97. The molecule has 6 nitrogen and oxygen atoms in total. The largest absolute Gasteiger partial charge is 0.496 e. The van der Waals surface area contributed by atoms with Crippen molar-refractivity contribution in [3.05, 3.63) is 23.8 Å². The number of nitrogens with two attached hydrogens (primary N) is 1. The van der Waals surface area contributed by atoms with E-state index in [1.165, 1.54) is 7.11 Å². The predicted molar refractivity (Wildman–Crippen MR) is 73.6 cm³/mol. The Morgan fingerprint density at radius 3 is 2.80 bits per heavy atom. The van der Waals surface area contributed by atoms with Gasteiger partial charge >= 0.3 is 5.97 Å². The summed E-state index contributed by atoms with van der Waals surface area (Å²) in [7, 11) is 1.46. The lowest BCUT2D eigenvalue weighted by Crippen LogP contribution is -2.40. The van der Waals surface area contributed by atoms with Crippen LogP contribution in [-0.2, 0) is 4.79 Å². The molecule has 1 amide bonds. The average Bonchev–Trinajstić information content (AvgIpc) is 2.86. The number of amides is 1. The molecular weight excluding hydrogens is 260 g/mol. The summed E-state index contributed by atoms with van der Waals surface area (Å²) in [6.45, 7) is 0. The molecular formula is C14H18N2O4. The molecule has 2 atom stereocenters. The molecule has 0 spiro atoms. The van der Waals surface area contributed by atoms with Crippen LogP contribution in [0.4, 0.5) is 5.69 Å². The highest BCUT2D eigenvalue weighted by Crippen LogP contribution is 2.27. The molecule has 6 heteroatoms. The Labute approximate surface area is 116 Å². The Bertz CT molecular complexity index is 530. The number of benzene rings is 1. The molecule has 0 heterocycles. The van der Waals surface area contributed by atoms with Gasteiger partial charge in [-0.15, -0.1) is 0 Å². The zero-order valence-electron chi connectivity index (χ0n) is 11.3. The van der Waals surface area contributed by atoms with Crippen LogP contribution in [0.3, 0.4) is 0 Å². The zero-order chi connectivity index (χ0) is 14.7. The predicted octanol–water partition coefficient (Wildman–Crippen LogP) is 1.26. The van der Waals surface area contributed by atoms with E-state index in [0.29, 0.717) is 29.8 Å². The molecule has 1 aromatic carbocycles. The van der Waals surface area contributed by atoms with Crippen molar-refractivity contribution in [1.82, 2.24) is 5.32 Å². The highest BCUT2D eigenvalue weighted by atomic mass is 16.5. The first-order valence-corrected chi connectivity index (χ1v) is 6.50. The molecule has 1 aliphatic rings. The molecule has 1 saturated carbocycles. The minimum Gasteiger partial charge on any atom is -0.496 e. The van der Waals surface area contributed by atoms with Gasteiger partial charge in [0.2, 0.25) is 0 Å². The van der Waals surface area contributed by atoms with Gasteiger partial charge in [-0.2, -0.15) is 0 Å². The van der Waals surface area contributed by atoms with Crippen LogP contribution in [0.2, 0.25) is 0 Å². The van der Waals surface area contributed by atoms with Gasteiger partial charge < -0.3 is 20.9 Å². The van der Waals surface area contributed by atoms with Crippen molar-refractivity contribution in [1.29, 1.82) is 0 Å². The number of carbonyl (C=O) groups is 2. The third kappa shape index (κ3) is 2.84. The standard InChI is InChI=1S/C14H18N2O4/c1-20-12-7-8(15)5-6-10(12)13(17)16-11-4-2-3-9(11)14(18)19/h5-7,9,11H,2-4,15H2,1H3,(H,16,17)(H,18,19). The third-order valence-electron chi connectivity index (χ3n) is 3.62. The molecule has 0 aromatic heterocycles. The van der Waals surface area contributed by atoms with E-state index in [-0.39, 0.29) is 11.9 Å². The number of aliphatic carboxylic acids is 1. The fraction of sp³-hybridized carbons (Fsp3) is 0.429. The van der Waals surface area contributed by atoms with E-state index in [9.17, 15) is 9.59 Å². The first-order valence-electron chi connectivity index (χ1n) is 6.50. The number of rotatable bonds is 4. The Balaban J connectivity index is 2.14. The molecule has 1 aliphatic carbocycles. The third-order valence-corrected chi connectivity index (χ3v) is 3.62. The van der Waals surface area contributed by atoms with Crippen LogP contribution >= 0.6 is 0 Å². The molecule has 1 fully saturated rings. The molecule has 0 radical (unpaired) electrons. The molecule has 20 heavy (non-hydrogen) atoms. The van der Waals surface area contributed by atoms with Crippen molar-refractivity contribution < 1.29 is 19.4 Å². The summed E-state index contributed by atoms with van der Waals surface area (Å²) in [5, 5.41) is 11.9. The maximum Gasteiger partial charge on any atom is 0.308 e. The molecule has 0 saturated heterocycles. The fourth-order valence-corrected chi connectivity index (χ4v) is 2.57. The van der Waals surface area contributed by atoms with Crippen LogP contribution < -0.4 is 15.8 Å². The Kier molecular flexibility index (Phi) is 4.12. The second-order valence-electron chi connectivity index (χ2n) is 4.92. The summed E-state index contributed by atoms with van der Waals surface area (Å²) in [4.78, 5) is 23.3. The minimum atomic E-state index is -0.864. The topological polar surface area (TPSA) is 102 Å². The normalized spacial score (nSPS) is 21.4. The van der Waals surface area contributed by atoms with E-state index in [1.54, 1.807) is 18.2 Å². The average molecular weight is 278 g/mol. The van der Waals surface area contributed by atoms with Crippen LogP contribution in [0, 0.1) is 5.92 Å². The smallest absolute Gasteiger partial charge is 0.308 e. The first kappa shape index (κ1) is 14.2. The minimum absolute atomic E-state index is 0.331. The highest BCUT2D eigenvalue weighted by Gasteiger charge is 2.34. The fourth-order valence-electron chi connectivity index (χ4n) is 2.57. The van der Waals surface area contributed by atoms with Gasteiger partial charge in [0.1, 0.15) is 5.75 Å². The van der Waals surface area contributed by atoms with Gasteiger partial charge in [0.25, 0.3) is 5.91 Å². The number of nitrogens with one attached hydrogen (secondary N) is 1. The second-order valence-corrected chi connectivity index (χ2v) is 4.92. The van der Waals surface area contributed by atoms with E-state index >= 15 is 0 Å². The number of methoxy groups -OCH3 is 1. The molecule has 1 aromatic rings. The molecule has 108 valence electrons. The van der Waals surface area contributed by atoms with Crippen molar-refractivity contribution in [3.8, 4) is 5.75 Å². The van der Waals surface area contributed by atoms with E-state index in [0.717, 1.165) is 6.42 Å². The van der Waals surface area contributed by atoms with Crippen LogP contribution in [0.15, 0.2) is 18.2 Å². The lowest BCUT2D eigenvalue weighted by atomic mass is 10.0. The number of carboxylic acid groups (broad SMARTS) is 1. The lowest BCUT2D eigenvalue weighted by molar-refractivity contribution is -0.142. The van der Waals surface area contributed by atoms with E-state index in [4.69, 9.17) is 15.6 Å². The maximum absolute atomic E-state index is 12.2. The van der Waals surface area contributed by atoms with Crippen molar-refractivity contribution in [2.45, 2.75) is 25.3 Å². The summed E-state index contributed by atoms with van der Waals surface area (Å²) < 4.78 is 5.13. The van der Waals surface area contributed by atoms with Gasteiger partial charge in [-0.3, -0.25) is 9.59 Å². The zero-order valence-corrected chi connectivity index (χ0v) is 11.3. The summed E-state index contributed by atoms with van der Waals surface area (Å²) in [5.41, 5.74) is 6.50. The maximum atomic E-state index is 12.2. The summed E-state index contributed by atoms with van der Waals surface area (Å²) >= 11 is 0. The number of carboxylic acids is 1. The quantitative estimate of drug-likeness (QED) is 0.720. The van der Waals surface area contributed by atoms with Crippen LogP contribution in [0.1, 0.15) is 29.6 Å². The molecule has 4 N–H and O–H groups in total. The summed E-state index contributed by atoms with van der Waals surface area (Å²) in [6.07, 6.45) is 2.08. The summed E-state index contributed by atoms with van der Waals surface area (Å²) in [5.74, 6) is -1.33. The van der Waals surface area contributed by atoms with E-state index in [1.807, 2.05) is 0 Å². The van der Waals surface area contributed by atoms with Gasteiger partial charge in [0, 0.05) is 17.8 Å². The van der Waals surface area contributed by atoms with Gasteiger partial charge in [0.05, 0.1) is 18.6 Å². The SMILES string of the molecule is COc1cc(N)ccc1C(=O)NC1CCCC1C(=O)O. The second kappa shape index (κ2) is 5.81. The number of anilines is 1. The number of hydrogen-bond acceptors (Lipinski definition) is 4. The van der Waals surface area contributed by atoms with Crippen molar-refractivity contribution in [2.75, 3.05) is 12.8 Å². The molecule has 2 unspecified atom stereocenters. The van der Waals surface area contributed by atoms with Gasteiger partial charge in [-0.05, 0) is 25.0 Å². The first-order chi connectivity index (χ1) is 9.52. The Morgan fingerprint density at radius 1 is 1.40 bits per heavy atom. The number of nitrogen functional groups attached to an aromatic ring is 1. The molecule has 0 bridgehead atoms. The van der Waals surface area contributed by atoms with Crippen LogP contribution in [0.5, 0.6) is 5.75 Å².